The summed E-state index contributed by atoms with van der Waals surface area (Å²) in [5, 5.41) is 12.0. The Kier molecular flexibility index (Phi) is 9.46. The highest BCUT2D eigenvalue weighted by molar-refractivity contribution is 14.0. The molecule has 5 nitrogen and oxygen atoms in total. The number of nitrogens with one attached hydrogen (secondary N) is 2. The highest BCUT2D eigenvalue weighted by Gasteiger charge is 2.02. The number of benzene rings is 1. The molecule has 24 heavy (non-hydrogen) atoms. The number of guanidine groups is 1. The van der Waals surface area contributed by atoms with Crippen molar-refractivity contribution < 1.29 is 0 Å². The standard InChI is InChI=1S/C16H21Cl2N5.HI/c1-3-19-16(20-6-7-23-11-12(2)9-22-23)21-10-13-4-5-14(17)8-15(13)18;/h4-5,8-9,11H,3,6-7,10H2,1-2H3,(H2,19,20,21);1H. The van der Waals surface area contributed by atoms with Crippen LogP contribution >= 0.6 is 47.2 Å². The van der Waals surface area contributed by atoms with Crippen LogP contribution < -0.4 is 10.6 Å². The van der Waals surface area contributed by atoms with E-state index in [4.69, 9.17) is 23.2 Å². The lowest BCUT2D eigenvalue weighted by molar-refractivity contribution is 0.597. The fourth-order valence-corrected chi connectivity index (χ4v) is 2.50. The van der Waals surface area contributed by atoms with Gasteiger partial charge >= 0.3 is 0 Å². The summed E-state index contributed by atoms with van der Waals surface area (Å²) in [6.45, 7) is 6.86. The van der Waals surface area contributed by atoms with E-state index >= 15 is 0 Å². The highest BCUT2D eigenvalue weighted by atomic mass is 127. The zero-order chi connectivity index (χ0) is 16.7. The molecule has 0 fully saturated rings. The lowest BCUT2D eigenvalue weighted by Crippen LogP contribution is -2.38. The van der Waals surface area contributed by atoms with Crippen molar-refractivity contribution in [2.75, 3.05) is 13.1 Å². The minimum Gasteiger partial charge on any atom is -0.357 e. The van der Waals surface area contributed by atoms with Crippen molar-refractivity contribution in [1.82, 2.24) is 20.4 Å². The van der Waals surface area contributed by atoms with Gasteiger partial charge in [0, 0.05) is 29.3 Å². The van der Waals surface area contributed by atoms with E-state index in [2.05, 4.69) is 20.7 Å². The lowest BCUT2D eigenvalue weighted by Gasteiger charge is -2.11. The van der Waals surface area contributed by atoms with Gasteiger partial charge in [-0.25, -0.2) is 4.99 Å². The van der Waals surface area contributed by atoms with Crippen molar-refractivity contribution in [3.05, 3.63) is 51.8 Å². The van der Waals surface area contributed by atoms with Gasteiger partial charge in [0.05, 0.1) is 19.3 Å². The Morgan fingerprint density at radius 2 is 2.08 bits per heavy atom. The molecule has 0 atom stereocenters. The maximum absolute atomic E-state index is 6.17. The Bertz CT molecular complexity index is 672. The maximum Gasteiger partial charge on any atom is 0.191 e. The molecule has 0 saturated carbocycles. The third kappa shape index (κ3) is 6.86. The first kappa shape index (κ1) is 21.1. The smallest absolute Gasteiger partial charge is 0.191 e. The average Bonchev–Trinajstić information content (AvgIpc) is 2.91. The number of rotatable bonds is 6. The summed E-state index contributed by atoms with van der Waals surface area (Å²) in [6.07, 6.45) is 3.86. The predicted octanol–water partition coefficient (Wildman–Crippen LogP) is 3.87. The van der Waals surface area contributed by atoms with E-state index < -0.39 is 0 Å². The van der Waals surface area contributed by atoms with E-state index in [0.29, 0.717) is 16.6 Å². The van der Waals surface area contributed by atoms with Gasteiger partial charge in [-0.2, -0.15) is 5.10 Å². The second kappa shape index (κ2) is 10.8. The first-order valence-corrected chi connectivity index (χ1v) is 8.29. The fraction of sp³-hybridized carbons (Fsp3) is 0.375. The molecule has 8 heteroatoms. The van der Waals surface area contributed by atoms with Crippen LogP contribution in [0.4, 0.5) is 0 Å². The van der Waals surface area contributed by atoms with Crippen molar-refractivity contribution in [3.63, 3.8) is 0 Å². The van der Waals surface area contributed by atoms with Gasteiger partial charge in [-0.15, -0.1) is 24.0 Å². The van der Waals surface area contributed by atoms with Crippen LogP contribution in [-0.4, -0.2) is 28.8 Å². The molecule has 1 heterocycles. The number of aromatic nitrogens is 2. The Morgan fingerprint density at radius 3 is 2.71 bits per heavy atom. The van der Waals surface area contributed by atoms with Crippen LogP contribution in [0.15, 0.2) is 35.6 Å². The maximum atomic E-state index is 6.17. The topological polar surface area (TPSA) is 54.2 Å². The fourth-order valence-electron chi connectivity index (χ4n) is 2.03. The van der Waals surface area contributed by atoms with Crippen molar-refractivity contribution >= 4 is 53.1 Å². The van der Waals surface area contributed by atoms with E-state index in [-0.39, 0.29) is 24.0 Å². The zero-order valence-corrected chi connectivity index (χ0v) is 17.6. The molecular weight excluding hydrogens is 460 g/mol. The molecule has 2 aromatic rings. The Hall–Kier alpha value is -0.990. The molecule has 0 amide bonds. The summed E-state index contributed by atoms with van der Waals surface area (Å²) in [6, 6.07) is 5.44. The summed E-state index contributed by atoms with van der Waals surface area (Å²) in [7, 11) is 0. The van der Waals surface area contributed by atoms with Gasteiger partial charge in [0.25, 0.3) is 0 Å². The largest absolute Gasteiger partial charge is 0.357 e. The second-order valence-electron chi connectivity index (χ2n) is 5.14. The molecule has 0 saturated heterocycles. The molecule has 0 aliphatic carbocycles. The van der Waals surface area contributed by atoms with Crippen LogP contribution in [0.2, 0.25) is 10.0 Å². The molecule has 0 unspecified atom stereocenters. The van der Waals surface area contributed by atoms with E-state index in [1.54, 1.807) is 6.07 Å². The molecule has 2 rings (SSSR count). The van der Waals surface area contributed by atoms with E-state index in [1.807, 2.05) is 43.1 Å². The number of nitrogens with zero attached hydrogens (tertiary/aromatic N) is 3. The van der Waals surface area contributed by atoms with Gasteiger partial charge in [0.15, 0.2) is 5.96 Å². The second-order valence-corrected chi connectivity index (χ2v) is 5.98. The Balaban J connectivity index is 0.00000288. The molecule has 0 radical (unpaired) electrons. The van der Waals surface area contributed by atoms with Gasteiger partial charge in [-0.1, -0.05) is 29.3 Å². The van der Waals surface area contributed by atoms with E-state index in [9.17, 15) is 0 Å². The predicted molar refractivity (Wildman–Crippen MR) is 112 cm³/mol. The summed E-state index contributed by atoms with van der Waals surface area (Å²) in [5.74, 6) is 0.752. The highest BCUT2D eigenvalue weighted by Crippen LogP contribution is 2.21. The van der Waals surface area contributed by atoms with Crippen molar-refractivity contribution in [2.45, 2.75) is 26.9 Å². The summed E-state index contributed by atoms with van der Waals surface area (Å²) in [4.78, 5) is 4.55. The molecule has 0 aliphatic heterocycles. The molecule has 1 aromatic heterocycles. The molecule has 0 spiro atoms. The van der Waals surface area contributed by atoms with Gasteiger partial charge in [0.2, 0.25) is 0 Å². The minimum absolute atomic E-state index is 0. The van der Waals surface area contributed by atoms with E-state index in [0.717, 1.165) is 36.7 Å². The van der Waals surface area contributed by atoms with Crippen LogP contribution in [0.25, 0.3) is 0 Å². The lowest BCUT2D eigenvalue weighted by atomic mass is 10.2. The van der Waals surface area contributed by atoms with Crippen LogP contribution in [0, 0.1) is 6.92 Å². The van der Waals surface area contributed by atoms with Crippen LogP contribution in [0.5, 0.6) is 0 Å². The van der Waals surface area contributed by atoms with Gasteiger partial charge in [-0.3, -0.25) is 4.68 Å². The van der Waals surface area contributed by atoms with Crippen molar-refractivity contribution in [2.24, 2.45) is 4.99 Å². The Morgan fingerprint density at radius 1 is 1.29 bits per heavy atom. The van der Waals surface area contributed by atoms with Gasteiger partial charge in [0.1, 0.15) is 0 Å². The molecule has 1 aromatic carbocycles. The van der Waals surface area contributed by atoms with Crippen LogP contribution in [0.1, 0.15) is 18.1 Å². The number of hydrogen-bond donors (Lipinski definition) is 2. The van der Waals surface area contributed by atoms with Crippen molar-refractivity contribution in [1.29, 1.82) is 0 Å². The molecule has 132 valence electrons. The monoisotopic (exact) mass is 481 g/mol. The minimum atomic E-state index is 0. The molecule has 0 bridgehead atoms. The van der Waals surface area contributed by atoms with Crippen LogP contribution in [0.3, 0.4) is 0 Å². The first-order valence-electron chi connectivity index (χ1n) is 7.53. The molecular formula is C16H22Cl2IN5. The average molecular weight is 482 g/mol. The number of halogens is 3. The summed E-state index contributed by atoms with van der Waals surface area (Å²) >= 11 is 12.1. The van der Waals surface area contributed by atoms with E-state index in [1.165, 1.54) is 0 Å². The first-order chi connectivity index (χ1) is 11.1. The van der Waals surface area contributed by atoms with Gasteiger partial charge in [-0.05, 0) is 37.1 Å². The zero-order valence-electron chi connectivity index (χ0n) is 13.7. The van der Waals surface area contributed by atoms with Crippen molar-refractivity contribution in [3.8, 4) is 0 Å². The normalized spacial score (nSPS) is 11.1. The third-order valence-electron chi connectivity index (χ3n) is 3.16. The molecule has 2 N–H and O–H groups in total. The van der Waals surface area contributed by atoms with Crippen LogP contribution in [-0.2, 0) is 13.1 Å². The Labute approximate surface area is 169 Å². The SMILES string of the molecule is CCNC(=NCc1ccc(Cl)cc1Cl)NCCn1cc(C)cn1.I. The van der Waals surface area contributed by atoms with Gasteiger partial charge < -0.3 is 10.6 Å². The number of aliphatic imine (C=N–C) groups is 1. The summed E-state index contributed by atoms with van der Waals surface area (Å²) in [5.41, 5.74) is 2.10. The summed E-state index contributed by atoms with van der Waals surface area (Å²) < 4.78 is 1.90. The third-order valence-corrected chi connectivity index (χ3v) is 3.75. The molecule has 0 aliphatic rings. The quantitative estimate of drug-likeness (QED) is 0.374. The number of hydrogen-bond acceptors (Lipinski definition) is 2. The number of aryl methyl sites for hydroxylation is 1.